The lowest BCUT2D eigenvalue weighted by Crippen LogP contribution is -2.20. The Bertz CT molecular complexity index is 5750. The van der Waals surface area contributed by atoms with E-state index < -0.39 is 41.2 Å². The number of carbonyl (C=O) groups is 3. The van der Waals surface area contributed by atoms with Gasteiger partial charge >= 0.3 is 5.97 Å². The highest BCUT2D eigenvalue weighted by Crippen LogP contribution is 2.36. The number of ether oxygens (including phenoxy) is 5. The van der Waals surface area contributed by atoms with Gasteiger partial charge in [0.15, 0.2) is 72.5 Å². The minimum atomic E-state index is -4.63. The summed E-state index contributed by atoms with van der Waals surface area (Å²) in [5.74, 6) is 1.56. The molecule has 0 aliphatic rings. The van der Waals surface area contributed by atoms with Crippen molar-refractivity contribution < 1.29 is 77.0 Å². The molecule has 4 atom stereocenters. The molecule has 0 heterocycles. The number of rotatable bonds is 28. The van der Waals surface area contributed by atoms with Crippen molar-refractivity contribution in [3.05, 3.63) is 349 Å². The van der Waals surface area contributed by atoms with Gasteiger partial charge in [-0.3, -0.25) is 9.59 Å². The predicted octanol–water partition coefficient (Wildman–Crippen LogP) is 21.0. The van der Waals surface area contributed by atoms with Crippen LogP contribution in [-0.2, 0) is 78.3 Å². The van der Waals surface area contributed by atoms with Crippen molar-refractivity contribution >= 4 is 112 Å². The van der Waals surface area contributed by atoms with Crippen LogP contribution in [0.15, 0.2) is 366 Å². The quantitative estimate of drug-likeness (QED) is 0.0151. The van der Waals surface area contributed by atoms with Gasteiger partial charge in [0.2, 0.25) is 0 Å². The summed E-state index contributed by atoms with van der Waals surface area (Å²) in [7, 11) is -10.5. The zero-order valence-corrected chi connectivity index (χ0v) is 75.6. The Kier molecular flexibility index (Phi) is 38.3. The molecule has 0 aliphatic heterocycles. The van der Waals surface area contributed by atoms with Gasteiger partial charge in [0, 0.05) is 28.2 Å². The predicted molar refractivity (Wildman–Crippen MR) is 492 cm³/mol. The molecule has 13 aromatic rings. The molecule has 26 heteroatoms. The van der Waals surface area contributed by atoms with E-state index in [2.05, 4.69) is 247 Å². The van der Waals surface area contributed by atoms with Crippen molar-refractivity contribution in [2.75, 3.05) is 37.6 Å². The monoisotopic (exact) mass is 1790 g/mol. The van der Waals surface area contributed by atoms with Crippen LogP contribution in [0, 0.1) is 13.8 Å². The van der Waals surface area contributed by atoms with Gasteiger partial charge in [0.25, 0.3) is 11.8 Å². The third-order valence-corrected chi connectivity index (χ3v) is 26.4. The number of fused-ring (bicyclic) bond motifs is 1. The molecule has 13 aromatic carbocycles. The molecule has 0 aromatic heterocycles. The molecule has 0 fully saturated rings. The molecule has 0 saturated carbocycles. The standard InChI is InChI=1S/C22H23NO5S.C19H23NO5S.C19H22O7S.C19H17S.C18H15S.HPS/c1-3-15(2)16-10-12-17(13-11-16)28-14-22(24)23-20-8-4-7-19-18(20)6-5-9-21(19)29(25,26)27;1-4-13(2)15-5-8-17(9-6-15)25-12-19(21)20-16-7-10-18(14(3)11-16)26(22,23)24;1-4-13(2)14-5-7-15(8-6-14)25-12-19(20)26-17-10-9-16(27(21,22)23)11-18(17)24-3;1-16-12-14-19(15-13-16)20(17-8-4-2-5-9-17)18-10-6-3-7-11-18;1-4-10-16(11-5-1)19(17-12-6-2-7-13-17)18-14-8-3-9-15-18;1-2/h4-13,15H,3,14H2,1-2H3,(H,23,24)(H,25,26,27);5-11,13H,4,12H2,1-3H3,(H,20,21)(H,22,23,24);5-11,13H,4,12H2,1-3H3,(H,21,22,23);2-15H,1H3;1-15H;1H/q;;;2*+1;/p-2. The number of esters is 1. The van der Waals surface area contributed by atoms with Crippen LogP contribution in [0.5, 0.6) is 28.7 Å². The fourth-order valence-electron chi connectivity index (χ4n) is 12.1. The molecule has 0 radical (unpaired) electrons. The second-order valence-electron chi connectivity index (χ2n) is 27.9. The molecule has 4 unspecified atom stereocenters. The fraction of sp³-hybridized carbons (Fsp3) is 0.186. The molecule has 0 bridgehead atoms. The first-order chi connectivity index (χ1) is 59.0. The van der Waals surface area contributed by atoms with E-state index in [4.69, 9.17) is 23.7 Å². The van der Waals surface area contributed by atoms with Gasteiger partial charge in [-0.15, -0.1) is 0 Å². The van der Waals surface area contributed by atoms with Crippen LogP contribution in [0.2, 0.25) is 0 Å². The Hall–Kier alpha value is -11.3. The van der Waals surface area contributed by atoms with Crippen molar-refractivity contribution in [3.8, 4) is 28.7 Å². The number of nitrogens with one attached hydrogen (secondary N) is 2. The summed E-state index contributed by atoms with van der Waals surface area (Å²) < 4.78 is 127. The lowest BCUT2D eigenvalue weighted by Gasteiger charge is -2.14. The Labute approximate surface area is 735 Å². The van der Waals surface area contributed by atoms with Crippen molar-refractivity contribution in [1.29, 1.82) is 0 Å². The van der Waals surface area contributed by atoms with Crippen LogP contribution in [0.3, 0.4) is 0 Å². The number of methoxy groups -OCH3 is 1. The first-order valence-corrected chi connectivity index (χ1v) is 47.8. The Morgan fingerprint density at radius 3 is 1.11 bits per heavy atom. The largest absolute Gasteiger partial charge is 0.744 e. The lowest BCUT2D eigenvalue weighted by atomic mass is 9.99. The van der Waals surface area contributed by atoms with Crippen molar-refractivity contribution in [1.82, 2.24) is 0 Å². The van der Waals surface area contributed by atoms with Gasteiger partial charge in [0.05, 0.1) is 43.6 Å². The number of hydrogen-bond donors (Lipinski definition) is 2. The van der Waals surface area contributed by atoms with Crippen LogP contribution in [-0.4, -0.2) is 83.6 Å². The highest BCUT2D eigenvalue weighted by atomic mass is 32.4. The van der Waals surface area contributed by atoms with E-state index in [-0.39, 0.29) is 85.7 Å². The van der Waals surface area contributed by atoms with Gasteiger partial charge < -0.3 is 48.0 Å². The van der Waals surface area contributed by atoms with Gasteiger partial charge in [0.1, 0.15) is 55.6 Å². The zero-order chi connectivity index (χ0) is 89.1. The maximum absolute atomic E-state index is 12.3. The number of benzene rings is 13. The molecule has 123 heavy (non-hydrogen) atoms. The van der Waals surface area contributed by atoms with E-state index in [1.807, 2.05) is 68.7 Å². The normalized spacial score (nSPS) is 11.7. The number of amides is 2. The van der Waals surface area contributed by atoms with E-state index in [9.17, 15) is 53.3 Å². The first-order valence-electron chi connectivity index (χ1n) is 39.2. The van der Waals surface area contributed by atoms with E-state index in [0.29, 0.717) is 51.8 Å². The molecule has 2 N–H and O–H groups in total. The van der Waals surface area contributed by atoms with Crippen LogP contribution in [0.25, 0.3) is 10.8 Å². The minimum Gasteiger partial charge on any atom is -0.744 e. The number of carbonyl (C=O) groups excluding carboxylic acids is 3. The third kappa shape index (κ3) is 30.3. The van der Waals surface area contributed by atoms with Gasteiger partial charge in [-0.1, -0.05) is 211 Å². The van der Waals surface area contributed by atoms with E-state index in [1.54, 1.807) is 30.3 Å². The summed E-state index contributed by atoms with van der Waals surface area (Å²) in [6.45, 7) is 15.7. The first kappa shape index (κ1) is 97.1. The highest BCUT2D eigenvalue weighted by Gasteiger charge is 2.30. The van der Waals surface area contributed by atoms with Gasteiger partial charge in [-0.2, -0.15) is 0 Å². The minimum absolute atomic E-state index is 0.00869. The van der Waals surface area contributed by atoms with Crippen LogP contribution >= 0.6 is 8.02 Å². The molecule has 0 saturated heterocycles. The fourth-order valence-corrected chi connectivity index (χ4v) is 18.2. The average molecular weight is 1790 g/mol. The summed E-state index contributed by atoms with van der Waals surface area (Å²) in [5.41, 5.74) is 6.00. The smallest absolute Gasteiger partial charge is 0.349 e. The lowest BCUT2D eigenvalue weighted by molar-refractivity contribution is -0.136. The molecular formula is C97H99N2O17PS6. The molecule has 0 spiro atoms. The van der Waals surface area contributed by atoms with E-state index in [1.165, 1.54) is 108 Å². The summed E-state index contributed by atoms with van der Waals surface area (Å²) in [4.78, 5) is 43.4. The zero-order valence-electron chi connectivity index (χ0n) is 69.5. The summed E-state index contributed by atoms with van der Waals surface area (Å²) in [6.07, 6.45) is 3.12. The summed E-state index contributed by atoms with van der Waals surface area (Å²) in [5, 5.41) is 6.06. The third-order valence-electron chi connectivity index (χ3n) is 19.2. The van der Waals surface area contributed by atoms with Gasteiger partial charge in [-0.25, -0.2) is 30.0 Å². The maximum atomic E-state index is 12.3. The average Bonchev–Trinajstić information content (AvgIpc) is 0.795. The van der Waals surface area contributed by atoms with Crippen molar-refractivity contribution in [2.24, 2.45) is 0 Å². The van der Waals surface area contributed by atoms with Gasteiger partial charge in [-0.05, 0) is 225 Å². The SMILES string of the molecule is CCC(C)c1ccc(OCC(=O)Nc2ccc(S(=O)(=O)[O-])c(C)c2)cc1.CCC(C)c1ccc(OCC(=O)Nc2cccc3c(S(=O)(=O)[O-])cccc23)cc1.CCC(C)c1ccc(OCC(=O)Oc2ccc(S(=O)(=O)[O-])cc2OC)cc1.Cc1ccc([S+](c2ccccc2)c2ccccc2)cc1.[PH2+]=S.c1ccc([S+](c2ccccc2)c2ccccc2)cc1. The molecule has 2 amide bonds. The summed E-state index contributed by atoms with van der Waals surface area (Å²) in [6, 6.07) is 102. The van der Waals surface area contributed by atoms with E-state index in [0.717, 1.165) is 31.4 Å². The van der Waals surface area contributed by atoms with Crippen molar-refractivity contribution in [3.63, 3.8) is 0 Å². The van der Waals surface area contributed by atoms with Crippen molar-refractivity contribution in [2.45, 2.75) is 136 Å². The maximum Gasteiger partial charge on any atom is 0.349 e. The molecule has 640 valence electrons. The van der Waals surface area contributed by atoms with Crippen LogP contribution in [0.4, 0.5) is 11.4 Å². The number of anilines is 2. The van der Waals surface area contributed by atoms with E-state index >= 15 is 0 Å². The Morgan fingerprint density at radius 1 is 0.382 bits per heavy atom. The Balaban J connectivity index is 0.000000191. The second-order valence-corrected chi connectivity index (χ2v) is 36.0. The molecule has 19 nitrogen and oxygen atoms in total. The molecule has 0 aliphatic carbocycles. The van der Waals surface area contributed by atoms with Crippen LogP contribution in [0.1, 0.15) is 106 Å². The summed E-state index contributed by atoms with van der Waals surface area (Å²) >= 11 is 4.00. The van der Waals surface area contributed by atoms with Crippen LogP contribution < -0.4 is 34.3 Å². The molecular weight excluding hydrogens is 1690 g/mol. The highest BCUT2D eigenvalue weighted by molar-refractivity contribution is 7.97. The molecule has 13 rings (SSSR count). The Morgan fingerprint density at radius 2 is 0.748 bits per heavy atom. The number of hydrogen-bond acceptors (Lipinski definition) is 18. The topological polar surface area (TPSA) is 293 Å². The number of aryl methyl sites for hydroxylation is 2. The second kappa shape index (κ2) is 48.5.